The summed E-state index contributed by atoms with van der Waals surface area (Å²) >= 11 is 5.77. The van der Waals surface area contributed by atoms with Gasteiger partial charge in [-0.2, -0.15) is 0 Å². The van der Waals surface area contributed by atoms with E-state index in [1.165, 1.54) is 12.1 Å². The zero-order valence-corrected chi connectivity index (χ0v) is 11.6. The summed E-state index contributed by atoms with van der Waals surface area (Å²) in [6, 6.07) is 7.97. The van der Waals surface area contributed by atoms with Crippen LogP contribution in [-0.2, 0) is 0 Å². The Labute approximate surface area is 120 Å². The first kappa shape index (κ1) is 14.1. The van der Waals surface area contributed by atoms with Gasteiger partial charge in [0.05, 0.1) is 24.2 Å². The Morgan fingerprint density at radius 1 is 1.35 bits per heavy atom. The highest BCUT2D eigenvalue weighted by atomic mass is 35.5. The maximum Gasteiger partial charge on any atom is 0.276 e. The molecule has 0 aliphatic rings. The van der Waals surface area contributed by atoms with Crippen LogP contribution < -0.4 is 10.1 Å². The Morgan fingerprint density at radius 2 is 2.10 bits per heavy atom. The van der Waals surface area contributed by atoms with Crippen LogP contribution in [0.15, 0.2) is 30.3 Å². The van der Waals surface area contributed by atoms with Crippen molar-refractivity contribution in [2.24, 2.45) is 0 Å². The highest BCUT2D eigenvalue weighted by molar-refractivity contribution is 6.29. The van der Waals surface area contributed by atoms with Crippen LogP contribution in [0.25, 0.3) is 0 Å². The molecule has 0 aliphatic carbocycles. The Hall–Kier alpha value is -2.34. The Morgan fingerprint density at radius 3 is 2.70 bits per heavy atom. The van der Waals surface area contributed by atoms with Crippen LogP contribution in [0.1, 0.15) is 5.56 Å². The van der Waals surface area contributed by atoms with Gasteiger partial charge in [-0.15, -0.1) is 0 Å². The number of anilines is 2. The number of hydrogen-bond donors (Lipinski definition) is 1. The SMILES string of the molecule is COc1ccc(Nc2cc([N+](=O)[O-])cc(Cl)n2)c(C)c1. The van der Waals surface area contributed by atoms with Gasteiger partial charge in [0.1, 0.15) is 16.7 Å². The van der Waals surface area contributed by atoms with Gasteiger partial charge in [-0.25, -0.2) is 4.98 Å². The minimum atomic E-state index is -0.514. The summed E-state index contributed by atoms with van der Waals surface area (Å²) < 4.78 is 5.12. The van der Waals surface area contributed by atoms with Crippen molar-refractivity contribution < 1.29 is 9.66 Å². The van der Waals surface area contributed by atoms with Gasteiger partial charge in [0, 0.05) is 5.69 Å². The lowest BCUT2D eigenvalue weighted by atomic mass is 10.2. The van der Waals surface area contributed by atoms with Crippen LogP contribution in [0, 0.1) is 17.0 Å². The highest BCUT2D eigenvalue weighted by Gasteiger charge is 2.11. The Balaban J connectivity index is 2.32. The second-order valence-electron chi connectivity index (χ2n) is 4.10. The number of rotatable bonds is 4. The minimum Gasteiger partial charge on any atom is -0.497 e. The van der Waals surface area contributed by atoms with Gasteiger partial charge in [0.2, 0.25) is 0 Å². The van der Waals surface area contributed by atoms with E-state index in [0.717, 1.165) is 17.0 Å². The summed E-state index contributed by atoms with van der Waals surface area (Å²) in [5.41, 5.74) is 1.59. The van der Waals surface area contributed by atoms with Crippen LogP contribution in [0.5, 0.6) is 5.75 Å². The molecule has 0 saturated heterocycles. The molecule has 1 heterocycles. The maximum absolute atomic E-state index is 10.8. The van der Waals surface area contributed by atoms with E-state index in [-0.39, 0.29) is 10.8 Å². The first-order valence-corrected chi connectivity index (χ1v) is 6.11. The molecule has 0 aliphatic heterocycles. The van der Waals surface area contributed by atoms with Gasteiger partial charge in [-0.05, 0) is 30.7 Å². The molecule has 1 aromatic heterocycles. The first-order chi connectivity index (χ1) is 9.49. The van der Waals surface area contributed by atoms with Crippen LogP contribution in [0.4, 0.5) is 17.2 Å². The number of aryl methyl sites for hydroxylation is 1. The van der Waals surface area contributed by atoms with Gasteiger partial charge >= 0.3 is 0 Å². The summed E-state index contributed by atoms with van der Waals surface area (Å²) in [6.07, 6.45) is 0. The predicted molar refractivity (Wildman–Crippen MR) is 76.9 cm³/mol. The first-order valence-electron chi connectivity index (χ1n) is 5.73. The van der Waals surface area contributed by atoms with Gasteiger partial charge in [0.15, 0.2) is 0 Å². The van der Waals surface area contributed by atoms with Crippen LogP contribution in [0.2, 0.25) is 5.15 Å². The predicted octanol–water partition coefficient (Wildman–Crippen LogP) is 3.70. The maximum atomic E-state index is 10.8. The van der Waals surface area contributed by atoms with E-state index in [0.29, 0.717) is 5.82 Å². The average Bonchev–Trinajstić information content (AvgIpc) is 2.40. The second kappa shape index (κ2) is 5.75. The number of methoxy groups -OCH3 is 1. The molecule has 0 spiro atoms. The Kier molecular flexibility index (Phi) is 4.05. The van der Waals surface area contributed by atoms with E-state index in [4.69, 9.17) is 16.3 Å². The molecule has 0 unspecified atom stereocenters. The third-order valence-corrected chi connectivity index (χ3v) is 2.88. The molecule has 0 saturated carbocycles. The monoisotopic (exact) mass is 293 g/mol. The lowest BCUT2D eigenvalue weighted by Crippen LogP contribution is -1.98. The van der Waals surface area contributed by atoms with Crippen molar-refractivity contribution in [3.63, 3.8) is 0 Å². The van der Waals surface area contributed by atoms with Crippen molar-refractivity contribution in [2.45, 2.75) is 6.92 Å². The zero-order chi connectivity index (χ0) is 14.7. The summed E-state index contributed by atoms with van der Waals surface area (Å²) in [4.78, 5) is 14.3. The summed E-state index contributed by atoms with van der Waals surface area (Å²) in [5, 5.41) is 13.8. The van der Waals surface area contributed by atoms with Crippen LogP contribution in [-0.4, -0.2) is 17.0 Å². The van der Waals surface area contributed by atoms with Gasteiger partial charge in [-0.1, -0.05) is 11.6 Å². The molecule has 20 heavy (non-hydrogen) atoms. The molecule has 1 N–H and O–H groups in total. The standard InChI is InChI=1S/C13H12ClN3O3/c1-8-5-10(20-2)3-4-11(8)15-13-7-9(17(18)19)6-12(14)16-13/h3-7H,1-2H3,(H,15,16). The summed E-state index contributed by atoms with van der Waals surface area (Å²) in [5.74, 6) is 1.05. The fourth-order valence-corrected chi connectivity index (χ4v) is 1.90. The van der Waals surface area contributed by atoms with E-state index < -0.39 is 4.92 Å². The van der Waals surface area contributed by atoms with E-state index in [9.17, 15) is 10.1 Å². The molecular weight excluding hydrogens is 282 g/mol. The molecular formula is C13H12ClN3O3. The fraction of sp³-hybridized carbons (Fsp3) is 0.154. The third kappa shape index (κ3) is 3.16. The molecule has 0 atom stereocenters. The quantitative estimate of drug-likeness (QED) is 0.528. The smallest absolute Gasteiger partial charge is 0.276 e. The van der Waals surface area contributed by atoms with Crippen molar-refractivity contribution in [3.05, 3.63) is 51.2 Å². The van der Waals surface area contributed by atoms with E-state index in [1.54, 1.807) is 13.2 Å². The minimum absolute atomic E-state index is 0.0628. The molecule has 0 fully saturated rings. The number of nitrogens with zero attached hydrogens (tertiary/aromatic N) is 2. The number of ether oxygens (including phenoxy) is 1. The van der Waals surface area contributed by atoms with Crippen LogP contribution >= 0.6 is 11.6 Å². The summed E-state index contributed by atoms with van der Waals surface area (Å²) in [7, 11) is 1.59. The number of nitrogens with one attached hydrogen (secondary N) is 1. The zero-order valence-electron chi connectivity index (χ0n) is 10.9. The third-order valence-electron chi connectivity index (χ3n) is 2.69. The molecule has 0 bridgehead atoms. The van der Waals surface area contributed by atoms with Gasteiger partial charge in [0.25, 0.3) is 5.69 Å². The van der Waals surface area contributed by atoms with Crippen molar-refractivity contribution in [2.75, 3.05) is 12.4 Å². The number of nitro groups is 1. The topological polar surface area (TPSA) is 77.3 Å². The molecule has 2 aromatic rings. The van der Waals surface area contributed by atoms with Crippen molar-refractivity contribution in [3.8, 4) is 5.75 Å². The number of halogens is 1. The lowest BCUT2D eigenvalue weighted by molar-refractivity contribution is -0.384. The average molecular weight is 294 g/mol. The normalized spacial score (nSPS) is 10.2. The summed E-state index contributed by atoms with van der Waals surface area (Å²) in [6.45, 7) is 1.89. The molecule has 104 valence electrons. The van der Waals surface area contributed by atoms with E-state index >= 15 is 0 Å². The molecule has 0 radical (unpaired) electrons. The lowest BCUT2D eigenvalue weighted by Gasteiger charge is -2.10. The van der Waals surface area contributed by atoms with E-state index in [1.807, 2.05) is 19.1 Å². The molecule has 7 heteroatoms. The molecule has 0 amide bonds. The Bertz CT molecular complexity index is 661. The van der Waals surface area contributed by atoms with Crippen molar-refractivity contribution in [1.29, 1.82) is 0 Å². The highest BCUT2D eigenvalue weighted by Crippen LogP contribution is 2.26. The number of aromatic nitrogens is 1. The van der Waals surface area contributed by atoms with Gasteiger partial charge in [-0.3, -0.25) is 10.1 Å². The van der Waals surface area contributed by atoms with E-state index in [2.05, 4.69) is 10.3 Å². The molecule has 6 nitrogen and oxygen atoms in total. The van der Waals surface area contributed by atoms with Gasteiger partial charge < -0.3 is 10.1 Å². The molecule has 1 aromatic carbocycles. The second-order valence-corrected chi connectivity index (χ2v) is 4.48. The fourth-order valence-electron chi connectivity index (χ4n) is 1.69. The molecule has 2 rings (SSSR count). The van der Waals surface area contributed by atoms with Crippen molar-refractivity contribution in [1.82, 2.24) is 4.98 Å². The number of hydrogen-bond acceptors (Lipinski definition) is 5. The van der Waals surface area contributed by atoms with Crippen molar-refractivity contribution >= 4 is 28.8 Å². The number of pyridine rings is 1. The largest absolute Gasteiger partial charge is 0.497 e. The van der Waals surface area contributed by atoms with Crippen LogP contribution in [0.3, 0.4) is 0 Å². The number of benzene rings is 1.